The lowest BCUT2D eigenvalue weighted by Crippen LogP contribution is -2.30. The molecule has 0 aromatic carbocycles. The van der Waals surface area contributed by atoms with Crippen LogP contribution in [0.25, 0.3) is 0 Å². The van der Waals surface area contributed by atoms with Gasteiger partial charge in [-0.3, -0.25) is 14.4 Å². The van der Waals surface area contributed by atoms with Crippen molar-refractivity contribution in [2.75, 3.05) is 13.2 Å². The molecule has 6 heteroatoms. The number of hydrogen-bond acceptors (Lipinski definition) is 6. The molecule has 0 aliphatic carbocycles. The number of allylic oxidation sites excluding steroid dienone is 4. The molecule has 0 aromatic heterocycles. The van der Waals surface area contributed by atoms with Gasteiger partial charge in [0.05, 0.1) is 0 Å². The normalized spacial score (nSPS) is 12.1. The highest BCUT2D eigenvalue weighted by Crippen LogP contribution is 2.16. The summed E-state index contributed by atoms with van der Waals surface area (Å²) in [5.74, 6) is -0.867. The molecule has 1 atom stereocenters. The second kappa shape index (κ2) is 53.5. The van der Waals surface area contributed by atoms with Crippen LogP contribution in [-0.2, 0) is 28.6 Å². The van der Waals surface area contributed by atoms with Crippen LogP contribution in [0.5, 0.6) is 0 Å². The molecule has 0 N–H and O–H groups in total. The van der Waals surface area contributed by atoms with Gasteiger partial charge < -0.3 is 14.2 Å². The Bertz CT molecular complexity index is 1040. The van der Waals surface area contributed by atoms with E-state index < -0.39 is 6.10 Å². The molecule has 0 bridgehead atoms. The first kappa shape index (κ1) is 61.9. The van der Waals surface area contributed by atoms with Crippen LogP contribution in [0.15, 0.2) is 24.3 Å². The van der Waals surface area contributed by atoms with Gasteiger partial charge in [-0.2, -0.15) is 0 Å². The first-order valence-corrected chi connectivity index (χ1v) is 28.3. The minimum absolute atomic E-state index is 0.0709. The summed E-state index contributed by atoms with van der Waals surface area (Å²) in [7, 11) is 0. The molecule has 0 aliphatic heterocycles. The lowest BCUT2D eigenvalue weighted by Gasteiger charge is -2.18. The van der Waals surface area contributed by atoms with Crippen LogP contribution >= 0.6 is 0 Å². The van der Waals surface area contributed by atoms with Gasteiger partial charge in [-0.05, 0) is 70.6 Å². The minimum Gasteiger partial charge on any atom is -0.462 e. The van der Waals surface area contributed by atoms with Crippen LogP contribution in [0.4, 0.5) is 0 Å². The quantitative estimate of drug-likeness (QED) is 0.0262. The molecular weight excluding hydrogens is 793 g/mol. The highest BCUT2D eigenvalue weighted by atomic mass is 16.6. The van der Waals surface area contributed by atoms with Gasteiger partial charge in [-0.15, -0.1) is 0 Å². The van der Waals surface area contributed by atoms with E-state index in [2.05, 4.69) is 45.1 Å². The highest BCUT2D eigenvalue weighted by Gasteiger charge is 2.19. The third-order valence-electron chi connectivity index (χ3n) is 12.7. The van der Waals surface area contributed by atoms with Crippen molar-refractivity contribution in [1.82, 2.24) is 0 Å². The largest absolute Gasteiger partial charge is 0.462 e. The maximum atomic E-state index is 12.8. The summed E-state index contributed by atoms with van der Waals surface area (Å²) in [6, 6.07) is 0. The number of unbranched alkanes of at least 4 members (excludes halogenated alkanes) is 37. The standard InChI is InChI=1S/C58H108O6/c1-4-7-10-13-16-19-22-24-25-26-27-28-29-30-31-32-33-35-36-39-42-45-48-51-57(60)63-54-55(53-62-56(59)50-47-44-41-38-21-18-15-12-9-6-3)64-58(61)52-49-46-43-40-37-34-23-20-17-14-11-8-5-2/h20,23,26-27,55H,4-19,21-22,24-25,28-54H2,1-3H3/b23-20-,27-26-. The number of carbonyl (C=O) groups excluding carboxylic acids is 3. The fourth-order valence-corrected chi connectivity index (χ4v) is 8.37. The lowest BCUT2D eigenvalue weighted by molar-refractivity contribution is -0.167. The summed E-state index contributed by atoms with van der Waals surface area (Å²) in [6.07, 6.45) is 61.8. The van der Waals surface area contributed by atoms with Crippen LogP contribution in [0.2, 0.25) is 0 Å². The van der Waals surface area contributed by atoms with E-state index in [-0.39, 0.29) is 31.1 Å². The predicted molar refractivity (Wildman–Crippen MR) is 275 cm³/mol. The number of hydrogen-bond donors (Lipinski definition) is 0. The topological polar surface area (TPSA) is 78.9 Å². The Morgan fingerprint density at radius 2 is 0.516 bits per heavy atom. The summed E-state index contributed by atoms with van der Waals surface area (Å²) in [5.41, 5.74) is 0. The van der Waals surface area contributed by atoms with E-state index in [0.29, 0.717) is 19.3 Å². The molecule has 0 rings (SSSR count). The lowest BCUT2D eigenvalue weighted by atomic mass is 10.0. The average Bonchev–Trinajstić information content (AvgIpc) is 3.29. The van der Waals surface area contributed by atoms with E-state index in [1.165, 1.54) is 205 Å². The fourth-order valence-electron chi connectivity index (χ4n) is 8.37. The molecule has 64 heavy (non-hydrogen) atoms. The zero-order valence-electron chi connectivity index (χ0n) is 43.1. The number of carbonyl (C=O) groups is 3. The Morgan fingerprint density at radius 3 is 0.797 bits per heavy atom. The van der Waals surface area contributed by atoms with Crippen molar-refractivity contribution in [2.24, 2.45) is 0 Å². The number of esters is 3. The van der Waals surface area contributed by atoms with Gasteiger partial charge in [0, 0.05) is 19.3 Å². The van der Waals surface area contributed by atoms with E-state index in [1.807, 2.05) is 0 Å². The van der Waals surface area contributed by atoms with Crippen LogP contribution in [-0.4, -0.2) is 37.2 Å². The number of rotatable bonds is 52. The third-order valence-corrected chi connectivity index (χ3v) is 12.7. The van der Waals surface area contributed by atoms with Crippen molar-refractivity contribution in [3.63, 3.8) is 0 Å². The fraction of sp³-hybridized carbons (Fsp3) is 0.879. The summed E-state index contributed by atoms with van der Waals surface area (Å²) < 4.78 is 16.8. The smallest absolute Gasteiger partial charge is 0.306 e. The van der Waals surface area contributed by atoms with Crippen molar-refractivity contribution in [3.05, 3.63) is 24.3 Å². The van der Waals surface area contributed by atoms with Crippen molar-refractivity contribution < 1.29 is 28.6 Å². The van der Waals surface area contributed by atoms with Crippen molar-refractivity contribution in [1.29, 1.82) is 0 Å². The molecular formula is C58H108O6. The molecule has 0 aliphatic rings. The number of ether oxygens (including phenoxy) is 3. The second-order valence-corrected chi connectivity index (χ2v) is 19.2. The van der Waals surface area contributed by atoms with Crippen LogP contribution < -0.4 is 0 Å². The van der Waals surface area contributed by atoms with E-state index >= 15 is 0 Å². The monoisotopic (exact) mass is 901 g/mol. The van der Waals surface area contributed by atoms with Gasteiger partial charge in [-0.25, -0.2) is 0 Å². The highest BCUT2D eigenvalue weighted by molar-refractivity contribution is 5.71. The molecule has 6 nitrogen and oxygen atoms in total. The van der Waals surface area contributed by atoms with E-state index in [4.69, 9.17) is 14.2 Å². The molecule has 0 saturated heterocycles. The summed E-state index contributed by atoms with van der Waals surface area (Å²) in [6.45, 7) is 6.64. The molecule has 0 saturated carbocycles. The summed E-state index contributed by atoms with van der Waals surface area (Å²) >= 11 is 0. The molecule has 1 unspecified atom stereocenters. The second-order valence-electron chi connectivity index (χ2n) is 19.2. The predicted octanol–water partition coefficient (Wildman–Crippen LogP) is 18.7. The summed E-state index contributed by atoms with van der Waals surface area (Å²) in [5, 5.41) is 0. The van der Waals surface area contributed by atoms with Gasteiger partial charge in [0.1, 0.15) is 13.2 Å². The van der Waals surface area contributed by atoms with Crippen molar-refractivity contribution in [2.45, 2.75) is 316 Å². The first-order chi connectivity index (χ1) is 31.5. The molecule has 0 amide bonds. The minimum atomic E-state index is -0.770. The first-order valence-electron chi connectivity index (χ1n) is 28.3. The third kappa shape index (κ3) is 50.9. The van der Waals surface area contributed by atoms with Crippen LogP contribution in [0, 0.1) is 0 Å². The van der Waals surface area contributed by atoms with Crippen LogP contribution in [0.3, 0.4) is 0 Å². The van der Waals surface area contributed by atoms with Crippen molar-refractivity contribution >= 4 is 17.9 Å². The zero-order chi connectivity index (χ0) is 46.5. The Kier molecular flexibility index (Phi) is 51.7. The maximum absolute atomic E-state index is 12.8. The van der Waals surface area contributed by atoms with Crippen molar-refractivity contribution in [3.8, 4) is 0 Å². The molecule has 0 radical (unpaired) electrons. The van der Waals surface area contributed by atoms with Gasteiger partial charge in [0.15, 0.2) is 6.10 Å². The van der Waals surface area contributed by atoms with Gasteiger partial charge >= 0.3 is 17.9 Å². The zero-order valence-corrected chi connectivity index (χ0v) is 43.1. The van der Waals surface area contributed by atoms with Crippen LogP contribution in [0.1, 0.15) is 310 Å². The van der Waals surface area contributed by atoms with E-state index in [9.17, 15) is 14.4 Å². The molecule has 0 fully saturated rings. The van der Waals surface area contributed by atoms with E-state index in [1.54, 1.807) is 0 Å². The Balaban J connectivity index is 4.20. The Labute approximate surface area is 398 Å². The Morgan fingerprint density at radius 1 is 0.297 bits per heavy atom. The van der Waals surface area contributed by atoms with Gasteiger partial charge in [-0.1, -0.05) is 244 Å². The Hall–Kier alpha value is -2.11. The average molecular weight is 901 g/mol. The molecule has 0 heterocycles. The summed E-state index contributed by atoms with van der Waals surface area (Å²) in [4.78, 5) is 38.0. The van der Waals surface area contributed by atoms with Gasteiger partial charge in [0.2, 0.25) is 0 Å². The van der Waals surface area contributed by atoms with Gasteiger partial charge in [0.25, 0.3) is 0 Å². The maximum Gasteiger partial charge on any atom is 0.306 e. The SMILES string of the molecule is CCCCCC/C=C\CCCCCCCC(=O)OC(COC(=O)CCCCCCCCCCCC)COC(=O)CCCCCCCCCCCCC/C=C\CCCCCCCCCC. The molecule has 0 spiro atoms. The molecule has 376 valence electrons. The molecule has 0 aromatic rings. The van der Waals surface area contributed by atoms with E-state index in [0.717, 1.165) is 64.2 Å².